The number of hydrogen-bond acceptors (Lipinski definition) is 5. The molecule has 8 heteroatoms. The molecule has 0 saturated carbocycles. The fraction of sp³-hybridized carbons (Fsp3) is 0.308. The quantitative estimate of drug-likeness (QED) is 0.825. The van der Waals surface area contributed by atoms with Crippen molar-refractivity contribution in [2.45, 2.75) is 19.4 Å². The molecular formula is C13H15N7O. The summed E-state index contributed by atoms with van der Waals surface area (Å²) in [5, 5.41) is 17.0. The number of rotatable bonds is 3. The molecule has 2 N–H and O–H groups in total. The number of guanidine groups is 1. The van der Waals surface area contributed by atoms with E-state index in [0.717, 1.165) is 11.3 Å². The van der Waals surface area contributed by atoms with Gasteiger partial charge < -0.3 is 5.32 Å². The van der Waals surface area contributed by atoms with Gasteiger partial charge in [0.25, 0.3) is 5.91 Å². The number of carbonyl (C=O) groups is 1. The van der Waals surface area contributed by atoms with Gasteiger partial charge in [-0.3, -0.25) is 15.1 Å². The fourth-order valence-corrected chi connectivity index (χ4v) is 2.24. The van der Waals surface area contributed by atoms with Crippen LogP contribution in [0.1, 0.15) is 19.4 Å². The van der Waals surface area contributed by atoms with Gasteiger partial charge >= 0.3 is 0 Å². The topological polar surface area (TPSA) is 97.1 Å². The standard InChI is InChI=1S/C13H15N7O/c1-3-14-12-16-11(21)13(2,17-12)9-5-4-6-10(7-9)20-8-15-18-19-20/h4-8H,3H2,1-2H3,(H2,14,16,17,21). The third-order valence-electron chi connectivity index (χ3n) is 3.41. The van der Waals surface area contributed by atoms with Gasteiger partial charge in [-0.1, -0.05) is 12.1 Å². The Morgan fingerprint density at radius 2 is 2.29 bits per heavy atom. The number of aliphatic imine (C=N–C) groups is 1. The minimum atomic E-state index is -0.863. The molecule has 1 aliphatic rings. The Kier molecular flexibility index (Phi) is 3.13. The number of nitrogens with zero attached hydrogens (tertiary/aromatic N) is 5. The van der Waals surface area contributed by atoms with Crippen LogP contribution in [0.3, 0.4) is 0 Å². The molecule has 108 valence electrons. The Bertz CT molecular complexity index is 694. The highest BCUT2D eigenvalue weighted by Crippen LogP contribution is 2.25. The van der Waals surface area contributed by atoms with Crippen LogP contribution in [-0.2, 0) is 10.3 Å². The van der Waals surface area contributed by atoms with E-state index in [1.165, 1.54) is 6.33 Å². The minimum absolute atomic E-state index is 0.136. The lowest BCUT2D eigenvalue weighted by molar-refractivity contribution is -0.123. The number of hydrogen-bond donors (Lipinski definition) is 2. The molecule has 21 heavy (non-hydrogen) atoms. The van der Waals surface area contributed by atoms with Crippen molar-refractivity contribution in [3.05, 3.63) is 36.2 Å². The van der Waals surface area contributed by atoms with E-state index in [9.17, 15) is 4.79 Å². The van der Waals surface area contributed by atoms with E-state index in [4.69, 9.17) is 0 Å². The second-order valence-electron chi connectivity index (χ2n) is 4.83. The van der Waals surface area contributed by atoms with E-state index >= 15 is 0 Å². The minimum Gasteiger partial charge on any atom is -0.338 e. The lowest BCUT2D eigenvalue weighted by Crippen LogP contribution is -2.40. The second-order valence-corrected chi connectivity index (χ2v) is 4.83. The van der Waals surface area contributed by atoms with Gasteiger partial charge in [-0.25, -0.2) is 4.68 Å². The zero-order valence-electron chi connectivity index (χ0n) is 11.7. The zero-order chi connectivity index (χ0) is 14.9. The summed E-state index contributed by atoms with van der Waals surface area (Å²) in [5.41, 5.74) is 0.737. The van der Waals surface area contributed by atoms with Crippen molar-refractivity contribution in [2.75, 3.05) is 6.54 Å². The molecule has 2 aromatic rings. The molecule has 1 aromatic carbocycles. The van der Waals surface area contributed by atoms with E-state index in [2.05, 4.69) is 31.2 Å². The van der Waals surface area contributed by atoms with Gasteiger partial charge in [0.05, 0.1) is 5.69 Å². The molecule has 0 radical (unpaired) electrons. The Hall–Kier alpha value is -2.77. The van der Waals surface area contributed by atoms with Crippen molar-refractivity contribution < 1.29 is 4.79 Å². The molecule has 2 heterocycles. The van der Waals surface area contributed by atoms with Crippen molar-refractivity contribution in [1.29, 1.82) is 0 Å². The summed E-state index contributed by atoms with van der Waals surface area (Å²) >= 11 is 0. The van der Waals surface area contributed by atoms with Crippen LogP contribution in [0.5, 0.6) is 0 Å². The highest BCUT2D eigenvalue weighted by atomic mass is 16.2. The molecule has 1 saturated heterocycles. The van der Waals surface area contributed by atoms with Gasteiger partial charge in [0, 0.05) is 6.54 Å². The van der Waals surface area contributed by atoms with Crippen LogP contribution < -0.4 is 10.6 Å². The van der Waals surface area contributed by atoms with E-state index in [-0.39, 0.29) is 5.91 Å². The smallest absolute Gasteiger partial charge is 0.256 e. The predicted octanol–water partition coefficient (Wildman–Crippen LogP) is -0.0272. The summed E-state index contributed by atoms with van der Waals surface area (Å²) in [7, 11) is 0. The molecule has 0 bridgehead atoms. The van der Waals surface area contributed by atoms with Gasteiger partial charge in [-0.05, 0) is 42.0 Å². The number of tetrazole rings is 1. The zero-order valence-corrected chi connectivity index (χ0v) is 11.7. The Morgan fingerprint density at radius 3 is 3.00 bits per heavy atom. The van der Waals surface area contributed by atoms with Crippen LogP contribution >= 0.6 is 0 Å². The molecule has 1 atom stereocenters. The fourth-order valence-electron chi connectivity index (χ4n) is 2.24. The van der Waals surface area contributed by atoms with E-state index in [1.54, 1.807) is 4.68 Å². The summed E-state index contributed by atoms with van der Waals surface area (Å²) in [6, 6.07) is 7.49. The Balaban J connectivity index is 1.99. The van der Waals surface area contributed by atoms with Crippen LogP contribution in [0.15, 0.2) is 35.6 Å². The van der Waals surface area contributed by atoms with Crippen LogP contribution in [0.2, 0.25) is 0 Å². The van der Waals surface area contributed by atoms with E-state index in [1.807, 2.05) is 38.1 Å². The third kappa shape index (κ3) is 2.24. The van der Waals surface area contributed by atoms with E-state index in [0.29, 0.717) is 12.5 Å². The summed E-state index contributed by atoms with van der Waals surface area (Å²) in [6.07, 6.45) is 1.51. The number of carbonyl (C=O) groups excluding carboxylic acids is 1. The largest absolute Gasteiger partial charge is 0.338 e. The predicted molar refractivity (Wildman–Crippen MR) is 75.8 cm³/mol. The first-order valence-electron chi connectivity index (χ1n) is 6.61. The number of benzene rings is 1. The molecule has 1 aromatic heterocycles. The molecule has 1 aliphatic heterocycles. The second kappa shape index (κ2) is 4.97. The molecule has 3 rings (SSSR count). The van der Waals surface area contributed by atoms with Gasteiger partial charge in [-0.2, -0.15) is 0 Å². The molecular weight excluding hydrogens is 270 g/mol. The first kappa shape index (κ1) is 13.2. The lowest BCUT2D eigenvalue weighted by Gasteiger charge is -2.22. The van der Waals surface area contributed by atoms with Crippen LogP contribution in [-0.4, -0.2) is 38.6 Å². The Morgan fingerprint density at radius 1 is 1.43 bits per heavy atom. The number of amides is 1. The maximum atomic E-state index is 12.3. The van der Waals surface area contributed by atoms with Crippen molar-refractivity contribution in [3.8, 4) is 5.69 Å². The van der Waals surface area contributed by atoms with Gasteiger partial charge in [0.1, 0.15) is 11.9 Å². The molecule has 0 aliphatic carbocycles. The maximum Gasteiger partial charge on any atom is 0.256 e. The highest BCUT2D eigenvalue weighted by Gasteiger charge is 2.42. The van der Waals surface area contributed by atoms with Gasteiger partial charge in [0.15, 0.2) is 5.96 Å². The summed E-state index contributed by atoms with van der Waals surface area (Å²) in [6.45, 7) is 4.33. The Labute approximate surface area is 121 Å². The highest BCUT2D eigenvalue weighted by molar-refractivity contribution is 6.09. The summed E-state index contributed by atoms with van der Waals surface area (Å²) in [5.74, 6) is 0.362. The lowest BCUT2D eigenvalue weighted by atomic mass is 9.92. The average Bonchev–Trinajstić information content (AvgIpc) is 3.10. The first-order valence-corrected chi connectivity index (χ1v) is 6.61. The average molecular weight is 285 g/mol. The number of aromatic nitrogens is 4. The maximum absolute atomic E-state index is 12.3. The van der Waals surface area contributed by atoms with Gasteiger partial charge in [-0.15, -0.1) is 5.10 Å². The first-order chi connectivity index (χ1) is 10.1. The number of nitrogens with one attached hydrogen (secondary N) is 2. The molecule has 0 spiro atoms. The van der Waals surface area contributed by atoms with Gasteiger partial charge in [0.2, 0.25) is 0 Å². The monoisotopic (exact) mass is 285 g/mol. The molecule has 8 nitrogen and oxygen atoms in total. The normalized spacial score (nSPS) is 23.1. The molecule has 1 fully saturated rings. The van der Waals surface area contributed by atoms with Crippen molar-refractivity contribution in [2.24, 2.45) is 4.99 Å². The summed E-state index contributed by atoms with van der Waals surface area (Å²) in [4.78, 5) is 16.5. The third-order valence-corrected chi connectivity index (χ3v) is 3.41. The van der Waals surface area contributed by atoms with Crippen LogP contribution in [0.25, 0.3) is 5.69 Å². The van der Waals surface area contributed by atoms with Crippen molar-refractivity contribution >= 4 is 11.9 Å². The van der Waals surface area contributed by atoms with Crippen LogP contribution in [0, 0.1) is 0 Å². The summed E-state index contributed by atoms with van der Waals surface area (Å²) < 4.78 is 1.54. The SMILES string of the molecule is CCN=C1NC(=O)C(C)(c2cccc(-n3cnnn3)c2)N1. The van der Waals surface area contributed by atoms with E-state index < -0.39 is 5.54 Å². The van der Waals surface area contributed by atoms with Crippen LogP contribution in [0.4, 0.5) is 0 Å². The van der Waals surface area contributed by atoms with Crippen molar-refractivity contribution in [1.82, 2.24) is 30.8 Å². The van der Waals surface area contributed by atoms with Crippen molar-refractivity contribution in [3.63, 3.8) is 0 Å². The molecule has 1 unspecified atom stereocenters. The molecule has 1 amide bonds.